The first-order valence-electron chi connectivity index (χ1n) is 15.6. The fourth-order valence-electron chi connectivity index (χ4n) is 6.66. The molecule has 0 spiro atoms. The second kappa shape index (κ2) is 14.0. The number of methoxy groups -OCH3 is 1. The van der Waals surface area contributed by atoms with E-state index in [2.05, 4.69) is 0 Å². The maximum absolute atomic E-state index is 14.7. The number of amides is 2. The Morgan fingerprint density at radius 1 is 0.863 bits per heavy atom. The van der Waals surface area contributed by atoms with E-state index < -0.39 is 75.0 Å². The van der Waals surface area contributed by atoms with Crippen LogP contribution in [0.4, 0.5) is 35.5 Å². The summed E-state index contributed by atoms with van der Waals surface area (Å²) in [5.74, 6) is -2.44. The topological polar surface area (TPSA) is 113 Å². The van der Waals surface area contributed by atoms with Crippen LogP contribution in [0.15, 0.2) is 77.7 Å². The number of hydrogen-bond acceptors (Lipinski definition) is 6. The van der Waals surface area contributed by atoms with Gasteiger partial charge in [0.05, 0.1) is 24.5 Å². The van der Waals surface area contributed by atoms with Gasteiger partial charge in [-0.1, -0.05) is 42.5 Å². The third-order valence-corrected chi connectivity index (χ3v) is 12.0. The van der Waals surface area contributed by atoms with E-state index in [0.717, 1.165) is 36.4 Å². The largest absolute Gasteiger partial charge is 0.496 e. The molecule has 2 saturated heterocycles. The molecule has 3 aromatic carbocycles. The lowest BCUT2D eigenvalue weighted by atomic mass is 9.88. The molecule has 2 fully saturated rings. The highest BCUT2D eigenvalue weighted by atomic mass is 32.2. The predicted octanol–water partition coefficient (Wildman–Crippen LogP) is 6.66. The summed E-state index contributed by atoms with van der Waals surface area (Å²) in [7, 11) is -3.41. The average Bonchev–Trinajstić information content (AvgIpc) is 3.55. The van der Waals surface area contributed by atoms with Gasteiger partial charge in [0.15, 0.2) is 9.84 Å². The summed E-state index contributed by atoms with van der Waals surface area (Å²) in [6, 6.07) is 11.2. The fraction of sp³-hybridized carbons (Fsp3) is 0.412. The number of rotatable bonds is 9. The molecule has 2 heterocycles. The third-order valence-electron chi connectivity index (χ3n) is 9.51. The molecule has 0 bridgehead atoms. The molecule has 1 atom stereocenters. The first kappa shape index (κ1) is 37.9. The zero-order chi connectivity index (χ0) is 37.4. The number of para-hydroxylation sites is 1. The lowest BCUT2D eigenvalue weighted by Gasteiger charge is -2.38. The molecular weight excluding hydrogens is 713 g/mol. The van der Waals surface area contributed by atoms with Crippen LogP contribution in [0.1, 0.15) is 36.0 Å². The highest BCUT2D eigenvalue weighted by molar-refractivity contribution is 7.92. The molecule has 1 N–H and O–H groups in total. The van der Waals surface area contributed by atoms with Gasteiger partial charge >= 0.3 is 24.4 Å². The summed E-state index contributed by atoms with van der Waals surface area (Å²) < 4.78 is 138. The van der Waals surface area contributed by atoms with E-state index in [4.69, 9.17) is 9.47 Å². The van der Waals surface area contributed by atoms with Crippen molar-refractivity contribution in [2.45, 2.75) is 53.5 Å². The third kappa shape index (κ3) is 6.84. The molecule has 276 valence electrons. The first-order valence-corrected chi connectivity index (χ1v) is 17.1. The van der Waals surface area contributed by atoms with E-state index >= 15 is 0 Å². The van der Waals surface area contributed by atoms with Gasteiger partial charge in [0.1, 0.15) is 16.3 Å². The number of carbonyl (C=O) groups is 2. The molecule has 0 saturated carbocycles. The molecule has 17 heteroatoms. The number of aliphatic carboxylic acids is 1. The van der Waals surface area contributed by atoms with E-state index in [-0.39, 0.29) is 60.7 Å². The summed E-state index contributed by atoms with van der Waals surface area (Å²) in [6.07, 6.45) is -12.1. The smallest absolute Gasteiger partial charge is 0.430 e. The number of alkyl halides is 6. The van der Waals surface area contributed by atoms with Gasteiger partial charge < -0.3 is 24.4 Å². The Kier molecular flexibility index (Phi) is 10.4. The van der Waals surface area contributed by atoms with Crippen molar-refractivity contribution in [3.8, 4) is 5.75 Å². The zero-order valence-corrected chi connectivity index (χ0v) is 27.8. The molecule has 0 unspecified atom stereocenters. The standard InChI is InChI=1S/C34H33F7N2O7S/c1-49-28-5-3-2-4-23(28)20-50-32(33(36,37)38,34(39,40)41)25-8-6-24(7-9-25)31(51(47,48)27-12-10-26(35)11-13-27)16-19-43(21-31)30(46)42-17-14-22(15-18-42)29(44)45/h2-13,22H,14-21H2,1H3,(H,44,45)/t31-/m0/s1. The molecule has 9 nitrogen and oxygen atoms in total. The van der Waals surface area contributed by atoms with E-state index in [1.165, 1.54) is 41.2 Å². The molecule has 2 aliphatic rings. The van der Waals surface area contributed by atoms with Gasteiger partial charge in [-0.25, -0.2) is 17.6 Å². The van der Waals surface area contributed by atoms with Gasteiger partial charge in [0.25, 0.3) is 5.60 Å². The number of nitrogens with zero attached hydrogens (tertiary/aromatic N) is 2. The summed E-state index contributed by atoms with van der Waals surface area (Å²) in [5, 5.41) is 9.30. The molecule has 2 amide bonds. The highest BCUT2D eigenvalue weighted by Crippen LogP contribution is 2.54. The molecule has 5 rings (SSSR count). The van der Waals surface area contributed by atoms with Crippen LogP contribution < -0.4 is 4.74 Å². The maximum atomic E-state index is 14.7. The Hall–Kier alpha value is -4.38. The molecule has 0 aliphatic carbocycles. The minimum absolute atomic E-state index is 0.00868. The van der Waals surface area contributed by atoms with Gasteiger partial charge in [-0.05, 0) is 55.2 Å². The molecule has 51 heavy (non-hydrogen) atoms. The summed E-state index contributed by atoms with van der Waals surface area (Å²) in [5.41, 5.74) is -6.52. The lowest BCUT2D eigenvalue weighted by Crippen LogP contribution is -2.55. The van der Waals surface area contributed by atoms with Crippen molar-refractivity contribution >= 4 is 21.8 Å². The molecule has 2 aliphatic heterocycles. The van der Waals surface area contributed by atoms with E-state index in [9.17, 15) is 53.8 Å². The van der Waals surface area contributed by atoms with Crippen molar-refractivity contribution in [1.29, 1.82) is 0 Å². The van der Waals surface area contributed by atoms with Crippen LogP contribution in [-0.4, -0.2) is 81.0 Å². The van der Waals surface area contributed by atoms with Crippen LogP contribution in [0.25, 0.3) is 0 Å². The molecule has 3 aromatic rings. The monoisotopic (exact) mass is 746 g/mol. The van der Waals surface area contributed by atoms with Gasteiger partial charge in [-0.15, -0.1) is 0 Å². The number of carbonyl (C=O) groups excluding carboxylic acids is 1. The van der Waals surface area contributed by atoms with Crippen LogP contribution in [0.3, 0.4) is 0 Å². The van der Waals surface area contributed by atoms with Gasteiger partial charge in [0.2, 0.25) is 0 Å². The van der Waals surface area contributed by atoms with Crippen LogP contribution in [-0.2, 0) is 36.3 Å². The van der Waals surface area contributed by atoms with Crippen LogP contribution in [0.2, 0.25) is 0 Å². The Morgan fingerprint density at radius 2 is 1.45 bits per heavy atom. The van der Waals surface area contributed by atoms with Crippen LogP contribution in [0.5, 0.6) is 5.75 Å². The number of sulfone groups is 1. The van der Waals surface area contributed by atoms with Crippen LogP contribution >= 0.6 is 0 Å². The number of hydrogen-bond donors (Lipinski definition) is 1. The van der Waals surface area contributed by atoms with Gasteiger partial charge in [-0.3, -0.25) is 4.79 Å². The lowest BCUT2D eigenvalue weighted by molar-refractivity contribution is -0.392. The van der Waals surface area contributed by atoms with Gasteiger partial charge in [-0.2, -0.15) is 26.3 Å². The highest BCUT2D eigenvalue weighted by Gasteiger charge is 2.73. The number of urea groups is 1. The number of piperidine rings is 1. The minimum Gasteiger partial charge on any atom is -0.496 e. The van der Waals surface area contributed by atoms with Gasteiger partial charge in [0, 0.05) is 37.3 Å². The Bertz CT molecular complexity index is 1830. The number of benzene rings is 3. The second-order valence-corrected chi connectivity index (χ2v) is 14.6. The van der Waals surface area contributed by atoms with E-state index in [0.29, 0.717) is 12.1 Å². The van der Waals surface area contributed by atoms with Crippen molar-refractivity contribution in [1.82, 2.24) is 9.80 Å². The quantitative estimate of drug-likeness (QED) is 0.193. The van der Waals surface area contributed by atoms with Crippen molar-refractivity contribution in [3.05, 3.63) is 95.3 Å². The average molecular weight is 747 g/mol. The maximum Gasteiger partial charge on any atom is 0.430 e. The minimum atomic E-state index is -6.04. The van der Waals surface area contributed by atoms with Crippen molar-refractivity contribution < 1.29 is 63.3 Å². The molecular formula is C34H33F7N2O7S. The van der Waals surface area contributed by atoms with Crippen molar-refractivity contribution in [2.24, 2.45) is 5.92 Å². The SMILES string of the molecule is COc1ccccc1COC(c1ccc([C@]2(S(=O)(=O)c3ccc(F)cc3)CCN(C(=O)N3CCC(C(=O)O)CC3)C2)cc1)(C(F)(F)F)C(F)(F)F. The number of likely N-dealkylation sites (tertiary alicyclic amines) is 2. The first-order chi connectivity index (χ1) is 23.9. The Labute approximate surface area is 288 Å². The number of carboxylic acid groups (broad SMARTS) is 1. The summed E-state index contributed by atoms with van der Waals surface area (Å²) in [4.78, 5) is 27.1. The number of carboxylic acids is 1. The van der Waals surface area contributed by atoms with E-state index in [1.54, 1.807) is 0 Å². The normalized spacial score (nSPS) is 19.3. The Balaban J connectivity index is 1.56. The van der Waals surface area contributed by atoms with Crippen molar-refractivity contribution in [2.75, 3.05) is 33.3 Å². The number of halogens is 7. The predicted molar refractivity (Wildman–Crippen MR) is 167 cm³/mol. The van der Waals surface area contributed by atoms with Crippen molar-refractivity contribution in [3.63, 3.8) is 0 Å². The Morgan fingerprint density at radius 3 is 2.00 bits per heavy atom. The molecule has 0 aromatic heterocycles. The zero-order valence-electron chi connectivity index (χ0n) is 27.0. The fourth-order valence-corrected chi connectivity index (χ4v) is 8.74. The van der Waals surface area contributed by atoms with E-state index in [1.807, 2.05) is 0 Å². The van der Waals surface area contributed by atoms with Crippen LogP contribution in [0, 0.1) is 11.7 Å². The number of ether oxygens (including phenoxy) is 2. The summed E-state index contributed by atoms with van der Waals surface area (Å²) in [6.45, 7) is -1.72. The summed E-state index contributed by atoms with van der Waals surface area (Å²) >= 11 is 0. The molecule has 0 radical (unpaired) electrons. The second-order valence-electron chi connectivity index (χ2n) is 12.4.